The van der Waals surface area contributed by atoms with Gasteiger partial charge in [-0.05, 0) is 42.3 Å². The van der Waals surface area contributed by atoms with Crippen LogP contribution in [0.15, 0.2) is 53.4 Å². The number of amides is 2. The van der Waals surface area contributed by atoms with Gasteiger partial charge in [-0.15, -0.1) is 0 Å². The number of nitrogens with zero attached hydrogens (tertiary/aromatic N) is 1. The number of benzene rings is 2. The molecular weight excluding hydrogens is 458 g/mol. The lowest BCUT2D eigenvalue weighted by molar-refractivity contribution is -0.140. The molecule has 0 spiro atoms. The van der Waals surface area contributed by atoms with Crippen molar-refractivity contribution in [3.8, 4) is 5.75 Å². The maximum absolute atomic E-state index is 13.1. The van der Waals surface area contributed by atoms with Crippen LogP contribution in [-0.2, 0) is 30.9 Å². The van der Waals surface area contributed by atoms with Crippen molar-refractivity contribution in [1.29, 1.82) is 0 Å². The molecule has 3 rings (SSSR count). The summed E-state index contributed by atoms with van der Waals surface area (Å²) < 4.78 is 38.0. The molecular formula is C21H24ClN3O6S. The lowest BCUT2D eigenvalue weighted by Crippen LogP contribution is -2.53. The van der Waals surface area contributed by atoms with Crippen LogP contribution in [-0.4, -0.2) is 57.6 Å². The zero-order chi connectivity index (χ0) is 23.1. The van der Waals surface area contributed by atoms with E-state index in [0.29, 0.717) is 29.4 Å². The Morgan fingerprint density at radius 2 is 1.81 bits per heavy atom. The fourth-order valence-corrected chi connectivity index (χ4v) is 4.91. The highest BCUT2D eigenvalue weighted by molar-refractivity contribution is 7.89. The molecule has 0 bridgehead atoms. The molecule has 1 fully saturated rings. The molecule has 2 aromatic rings. The maximum atomic E-state index is 13.1. The minimum absolute atomic E-state index is 0.0811. The summed E-state index contributed by atoms with van der Waals surface area (Å²) in [4.78, 5) is 24.4. The van der Waals surface area contributed by atoms with Crippen LogP contribution in [0.3, 0.4) is 0 Å². The lowest BCUT2D eigenvalue weighted by Gasteiger charge is -2.34. The van der Waals surface area contributed by atoms with E-state index in [1.54, 1.807) is 36.4 Å². The van der Waals surface area contributed by atoms with Gasteiger partial charge in [-0.1, -0.05) is 29.8 Å². The molecule has 1 aliphatic rings. The van der Waals surface area contributed by atoms with E-state index >= 15 is 0 Å². The van der Waals surface area contributed by atoms with Crippen LogP contribution in [0.25, 0.3) is 0 Å². The van der Waals surface area contributed by atoms with Crippen LogP contribution in [0.1, 0.15) is 12.0 Å². The van der Waals surface area contributed by atoms with E-state index in [1.807, 2.05) is 0 Å². The molecule has 9 nitrogen and oxygen atoms in total. The third-order valence-corrected chi connectivity index (χ3v) is 7.13. The molecule has 1 atom stereocenters. The minimum atomic E-state index is -3.87. The molecule has 2 aromatic carbocycles. The van der Waals surface area contributed by atoms with Crippen molar-refractivity contribution in [2.75, 3.05) is 26.8 Å². The molecule has 172 valence electrons. The largest absolute Gasteiger partial charge is 0.497 e. The highest BCUT2D eigenvalue weighted by atomic mass is 35.5. The SMILES string of the molecule is COc1ccc(S(=O)(=O)N2CCCO[C@@H]2CNC(=O)C(=O)NCc2ccccc2Cl)cc1. The van der Waals surface area contributed by atoms with Crippen LogP contribution in [0, 0.1) is 0 Å². The zero-order valence-corrected chi connectivity index (χ0v) is 19.0. The van der Waals surface area contributed by atoms with Gasteiger partial charge in [0.15, 0.2) is 0 Å². The van der Waals surface area contributed by atoms with E-state index in [-0.39, 0.29) is 24.5 Å². The summed E-state index contributed by atoms with van der Waals surface area (Å²) in [5, 5.41) is 5.40. The van der Waals surface area contributed by atoms with Gasteiger partial charge in [-0.25, -0.2) is 8.42 Å². The van der Waals surface area contributed by atoms with Crippen molar-refractivity contribution in [2.24, 2.45) is 0 Å². The third-order valence-electron chi connectivity index (χ3n) is 4.86. The van der Waals surface area contributed by atoms with Gasteiger partial charge in [0.2, 0.25) is 10.0 Å². The van der Waals surface area contributed by atoms with E-state index in [1.165, 1.54) is 23.5 Å². The number of sulfonamides is 1. The van der Waals surface area contributed by atoms with E-state index in [4.69, 9.17) is 21.1 Å². The summed E-state index contributed by atoms with van der Waals surface area (Å²) in [6.07, 6.45) is -0.422. The molecule has 0 radical (unpaired) electrons. The molecule has 1 saturated heterocycles. The first-order chi connectivity index (χ1) is 15.3. The van der Waals surface area contributed by atoms with Gasteiger partial charge in [0.25, 0.3) is 0 Å². The Bertz CT molecular complexity index is 1060. The smallest absolute Gasteiger partial charge is 0.309 e. The molecule has 0 aromatic heterocycles. The van der Waals surface area contributed by atoms with Gasteiger partial charge < -0.3 is 20.1 Å². The summed E-state index contributed by atoms with van der Waals surface area (Å²) >= 11 is 6.04. The van der Waals surface area contributed by atoms with Crippen LogP contribution < -0.4 is 15.4 Å². The number of hydrogen-bond acceptors (Lipinski definition) is 6. The molecule has 0 aliphatic carbocycles. The molecule has 2 N–H and O–H groups in total. The fourth-order valence-electron chi connectivity index (χ4n) is 3.14. The van der Waals surface area contributed by atoms with Crippen molar-refractivity contribution in [2.45, 2.75) is 24.1 Å². The fraction of sp³-hybridized carbons (Fsp3) is 0.333. The van der Waals surface area contributed by atoms with Crippen LogP contribution in [0.2, 0.25) is 5.02 Å². The van der Waals surface area contributed by atoms with E-state index in [0.717, 1.165) is 0 Å². The van der Waals surface area contributed by atoms with Crippen molar-refractivity contribution < 1.29 is 27.5 Å². The Labute approximate surface area is 191 Å². The Balaban J connectivity index is 1.60. The van der Waals surface area contributed by atoms with Crippen molar-refractivity contribution in [3.63, 3.8) is 0 Å². The number of halogens is 1. The average Bonchev–Trinajstić information content (AvgIpc) is 2.82. The Kier molecular flexibility index (Phi) is 8.08. The Morgan fingerprint density at radius 3 is 2.50 bits per heavy atom. The monoisotopic (exact) mass is 481 g/mol. The Morgan fingerprint density at radius 1 is 1.12 bits per heavy atom. The number of nitrogens with one attached hydrogen (secondary N) is 2. The summed E-state index contributed by atoms with van der Waals surface area (Å²) in [6, 6.07) is 12.9. The molecule has 11 heteroatoms. The third kappa shape index (κ3) is 5.77. The van der Waals surface area contributed by atoms with Crippen molar-refractivity contribution in [3.05, 3.63) is 59.1 Å². The molecule has 0 unspecified atom stereocenters. The highest BCUT2D eigenvalue weighted by Crippen LogP contribution is 2.24. The highest BCUT2D eigenvalue weighted by Gasteiger charge is 2.35. The number of carbonyl (C=O) groups is 2. The molecule has 0 saturated carbocycles. The van der Waals surface area contributed by atoms with Crippen molar-refractivity contribution >= 4 is 33.4 Å². The number of ether oxygens (including phenoxy) is 2. The minimum Gasteiger partial charge on any atom is -0.497 e. The van der Waals surface area contributed by atoms with E-state index < -0.39 is 28.1 Å². The number of methoxy groups -OCH3 is 1. The van der Waals surface area contributed by atoms with Gasteiger partial charge >= 0.3 is 11.8 Å². The van der Waals surface area contributed by atoms with E-state index in [2.05, 4.69) is 10.6 Å². The molecule has 1 heterocycles. The van der Waals surface area contributed by atoms with Crippen molar-refractivity contribution in [1.82, 2.24) is 14.9 Å². The van der Waals surface area contributed by atoms with E-state index in [9.17, 15) is 18.0 Å². The second-order valence-electron chi connectivity index (χ2n) is 6.95. The van der Waals surface area contributed by atoms with Gasteiger partial charge in [0, 0.05) is 18.1 Å². The Hall–Kier alpha value is -2.66. The zero-order valence-electron chi connectivity index (χ0n) is 17.4. The number of carbonyl (C=O) groups excluding carboxylic acids is 2. The molecule has 32 heavy (non-hydrogen) atoms. The van der Waals surface area contributed by atoms with Crippen LogP contribution in [0.4, 0.5) is 0 Å². The second kappa shape index (κ2) is 10.8. The first-order valence-electron chi connectivity index (χ1n) is 9.90. The summed E-state index contributed by atoms with van der Waals surface area (Å²) in [7, 11) is -2.38. The quantitative estimate of drug-likeness (QED) is 0.579. The summed E-state index contributed by atoms with van der Waals surface area (Å²) in [5.74, 6) is -1.22. The topological polar surface area (TPSA) is 114 Å². The maximum Gasteiger partial charge on any atom is 0.309 e. The average molecular weight is 482 g/mol. The van der Waals surface area contributed by atoms with Gasteiger partial charge in [-0.3, -0.25) is 9.59 Å². The van der Waals surface area contributed by atoms with Gasteiger partial charge in [0.1, 0.15) is 12.0 Å². The summed E-state index contributed by atoms with van der Waals surface area (Å²) in [5.41, 5.74) is 0.669. The second-order valence-corrected chi connectivity index (χ2v) is 9.25. The normalized spacial score (nSPS) is 16.9. The standard InChI is InChI=1S/C21H24ClN3O6S/c1-30-16-7-9-17(10-8-16)32(28,29)25-11-4-12-31-19(25)14-24-21(27)20(26)23-13-15-5-2-3-6-18(15)22/h2-3,5-10,19H,4,11-14H2,1H3,(H,23,26)(H,24,27)/t19-/m1/s1. The van der Waals surface area contributed by atoms with Crippen LogP contribution in [0.5, 0.6) is 5.75 Å². The molecule has 1 aliphatic heterocycles. The first-order valence-corrected chi connectivity index (χ1v) is 11.7. The van der Waals surface area contributed by atoms with Gasteiger partial charge in [0.05, 0.1) is 25.2 Å². The van der Waals surface area contributed by atoms with Crippen LogP contribution >= 0.6 is 11.6 Å². The number of rotatable bonds is 7. The predicted molar refractivity (Wildman–Crippen MR) is 118 cm³/mol. The summed E-state index contributed by atoms with van der Waals surface area (Å²) in [6.45, 7) is 0.485. The first kappa shape index (κ1) is 24.0. The number of hydrogen-bond donors (Lipinski definition) is 2. The predicted octanol–water partition coefficient (Wildman–Crippen LogP) is 1.52. The lowest BCUT2D eigenvalue weighted by atomic mass is 10.2. The van der Waals surface area contributed by atoms with Gasteiger partial charge in [-0.2, -0.15) is 4.31 Å². The molecule has 2 amide bonds.